The lowest BCUT2D eigenvalue weighted by Gasteiger charge is -1.98. The molecule has 0 atom stereocenters. The van der Waals surface area contributed by atoms with E-state index < -0.39 is 5.97 Å². The molecule has 1 heterocycles. The first-order valence-corrected chi connectivity index (χ1v) is 3.86. The zero-order chi connectivity index (χ0) is 9.42. The lowest BCUT2D eigenvalue weighted by molar-refractivity contribution is 0.0699. The number of hydrogen-bond acceptors (Lipinski definition) is 2. The van der Waals surface area contributed by atoms with E-state index in [-0.39, 0.29) is 5.56 Å². The summed E-state index contributed by atoms with van der Waals surface area (Å²) < 4.78 is 0. The van der Waals surface area contributed by atoms with Crippen LogP contribution in [0, 0.1) is 6.92 Å². The van der Waals surface area contributed by atoms with Crippen LogP contribution in [-0.4, -0.2) is 21.3 Å². The largest absolute Gasteiger partial charge is 0.478 e. The zero-order valence-corrected chi connectivity index (χ0v) is 7.03. The second kappa shape index (κ2) is 2.58. The topological polar surface area (TPSA) is 66.0 Å². The SMILES string of the molecule is Cc1ccc(C(=O)O)c2cn[nH]c12. The van der Waals surface area contributed by atoms with E-state index >= 15 is 0 Å². The lowest BCUT2D eigenvalue weighted by atomic mass is 10.1. The van der Waals surface area contributed by atoms with Gasteiger partial charge < -0.3 is 5.11 Å². The van der Waals surface area contributed by atoms with Gasteiger partial charge >= 0.3 is 5.97 Å². The highest BCUT2D eigenvalue weighted by atomic mass is 16.4. The Balaban J connectivity index is 2.86. The van der Waals surface area contributed by atoms with Gasteiger partial charge in [0, 0.05) is 5.39 Å². The van der Waals surface area contributed by atoms with Crippen molar-refractivity contribution < 1.29 is 9.90 Å². The number of carboxylic acid groups (broad SMARTS) is 1. The molecule has 4 heteroatoms. The van der Waals surface area contributed by atoms with Crippen molar-refractivity contribution in [3.05, 3.63) is 29.5 Å². The molecule has 0 fully saturated rings. The van der Waals surface area contributed by atoms with Gasteiger partial charge in [0.15, 0.2) is 0 Å². The van der Waals surface area contributed by atoms with Gasteiger partial charge in [-0.15, -0.1) is 0 Å². The van der Waals surface area contributed by atoms with Gasteiger partial charge in [0.25, 0.3) is 0 Å². The molecule has 1 aromatic carbocycles. The van der Waals surface area contributed by atoms with Crippen LogP contribution in [0.1, 0.15) is 15.9 Å². The fourth-order valence-electron chi connectivity index (χ4n) is 1.36. The average molecular weight is 176 g/mol. The van der Waals surface area contributed by atoms with Crippen LogP contribution in [0.4, 0.5) is 0 Å². The first-order chi connectivity index (χ1) is 6.20. The van der Waals surface area contributed by atoms with Gasteiger partial charge in [0.05, 0.1) is 17.3 Å². The van der Waals surface area contributed by atoms with Crippen molar-refractivity contribution >= 4 is 16.9 Å². The molecule has 2 aromatic rings. The van der Waals surface area contributed by atoms with Crippen molar-refractivity contribution in [1.82, 2.24) is 10.2 Å². The minimum absolute atomic E-state index is 0.286. The van der Waals surface area contributed by atoms with Crippen LogP contribution < -0.4 is 0 Å². The number of carbonyl (C=O) groups is 1. The number of aromatic nitrogens is 2. The number of carboxylic acids is 1. The lowest BCUT2D eigenvalue weighted by Crippen LogP contribution is -1.96. The Bertz CT molecular complexity index is 473. The van der Waals surface area contributed by atoms with Crippen molar-refractivity contribution in [3.8, 4) is 0 Å². The molecule has 0 bridgehead atoms. The third-order valence-electron chi connectivity index (χ3n) is 2.05. The maximum Gasteiger partial charge on any atom is 0.336 e. The summed E-state index contributed by atoms with van der Waals surface area (Å²) >= 11 is 0. The number of nitrogens with one attached hydrogen (secondary N) is 1. The van der Waals surface area contributed by atoms with E-state index in [4.69, 9.17) is 5.11 Å². The third-order valence-corrected chi connectivity index (χ3v) is 2.05. The molecule has 0 aliphatic rings. The molecule has 0 saturated carbocycles. The second-order valence-corrected chi connectivity index (χ2v) is 2.89. The normalized spacial score (nSPS) is 10.5. The Morgan fingerprint density at radius 1 is 1.54 bits per heavy atom. The summed E-state index contributed by atoms with van der Waals surface area (Å²) in [6.45, 7) is 1.91. The molecular formula is C9H8N2O2. The van der Waals surface area contributed by atoms with Gasteiger partial charge in [0.2, 0.25) is 0 Å². The molecular weight excluding hydrogens is 168 g/mol. The van der Waals surface area contributed by atoms with Crippen LogP contribution in [0.25, 0.3) is 10.9 Å². The predicted molar refractivity (Wildman–Crippen MR) is 47.8 cm³/mol. The van der Waals surface area contributed by atoms with Gasteiger partial charge in [0.1, 0.15) is 0 Å². The van der Waals surface area contributed by atoms with Crippen LogP contribution in [0.3, 0.4) is 0 Å². The highest BCUT2D eigenvalue weighted by Gasteiger charge is 2.10. The highest BCUT2D eigenvalue weighted by molar-refractivity contribution is 6.03. The summed E-state index contributed by atoms with van der Waals surface area (Å²) in [6.07, 6.45) is 1.53. The molecule has 0 unspecified atom stereocenters. The summed E-state index contributed by atoms with van der Waals surface area (Å²) in [5.74, 6) is -0.925. The summed E-state index contributed by atoms with van der Waals surface area (Å²) in [6, 6.07) is 3.36. The molecule has 13 heavy (non-hydrogen) atoms. The molecule has 0 saturated heterocycles. The maximum absolute atomic E-state index is 10.8. The van der Waals surface area contributed by atoms with Crippen LogP contribution in [0.15, 0.2) is 18.3 Å². The summed E-state index contributed by atoms with van der Waals surface area (Å²) in [5.41, 5.74) is 2.08. The Labute approximate surface area is 74.2 Å². The fourth-order valence-corrected chi connectivity index (χ4v) is 1.36. The quantitative estimate of drug-likeness (QED) is 0.693. The van der Waals surface area contributed by atoms with Crippen LogP contribution in [0.5, 0.6) is 0 Å². The van der Waals surface area contributed by atoms with Gasteiger partial charge in [-0.05, 0) is 18.6 Å². The van der Waals surface area contributed by atoms with Crippen molar-refractivity contribution in [2.24, 2.45) is 0 Å². The Hall–Kier alpha value is -1.84. The fraction of sp³-hybridized carbons (Fsp3) is 0.111. The minimum Gasteiger partial charge on any atom is -0.478 e. The number of hydrogen-bond donors (Lipinski definition) is 2. The number of aromatic carboxylic acids is 1. The van der Waals surface area contributed by atoms with E-state index in [1.54, 1.807) is 12.1 Å². The van der Waals surface area contributed by atoms with Gasteiger partial charge in [-0.3, -0.25) is 5.10 Å². The van der Waals surface area contributed by atoms with E-state index in [9.17, 15) is 4.79 Å². The van der Waals surface area contributed by atoms with Gasteiger partial charge in [-0.1, -0.05) is 6.07 Å². The van der Waals surface area contributed by atoms with Crippen molar-refractivity contribution in [1.29, 1.82) is 0 Å². The monoisotopic (exact) mass is 176 g/mol. The van der Waals surface area contributed by atoms with Crippen LogP contribution in [0.2, 0.25) is 0 Å². The molecule has 2 N–H and O–H groups in total. The number of nitrogens with zero attached hydrogens (tertiary/aromatic N) is 1. The standard InChI is InChI=1S/C9H8N2O2/c1-5-2-3-6(9(12)13)7-4-10-11-8(5)7/h2-4H,1H3,(H,10,11)(H,12,13). The summed E-state index contributed by atoms with van der Waals surface area (Å²) in [4.78, 5) is 10.8. The van der Waals surface area contributed by atoms with Crippen LogP contribution in [-0.2, 0) is 0 Å². The molecule has 0 aliphatic carbocycles. The van der Waals surface area contributed by atoms with Crippen molar-refractivity contribution in [3.63, 3.8) is 0 Å². The Morgan fingerprint density at radius 2 is 2.31 bits per heavy atom. The van der Waals surface area contributed by atoms with E-state index in [1.165, 1.54) is 6.20 Å². The van der Waals surface area contributed by atoms with Gasteiger partial charge in [-0.25, -0.2) is 4.79 Å². The minimum atomic E-state index is -0.925. The van der Waals surface area contributed by atoms with Gasteiger partial charge in [-0.2, -0.15) is 5.10 Å². The first kappa shape index (κ1) is 7.79. The van der Waals surface area contributed by atoms with E-state index in [2.05, 4.69) is 10.2 Å². The molecule has 2 rings (SSSR count). The van der Waals surface area contributed by atoms with E-state index in [1.807, 2.05) is 6.92 Å². The average Bonchev–Trinajstić information content (AvgIpc) is 2.53. The molecule has 66 valence electrons. The number of aryl methyl sites for hydroxylation is 1. The Morgan fingerprint density at radius 3 is 3.00 bits per heavy atom. The summed E-state index contributed by atoms with van der Waals surface area (Å²) in [7, 11) is 0. The van der Waals surface area contributed by atoms with Crippen LogP contribution >= 0.6 is 0 Å². The Kier molecular flexibility index (Phi) is 1.55. The number of fused-ring (bicyclic) bond motifs is 1. The van der Waals surface area contributed by atoms with E-state index in [0.717, 1.165) is 11.1 Å². The molecule has 4 nitrogen and oxygen atoms in total. The zero-order valence-electron chi connectivity index (χ0n) is 7.03. The first-order valence-electron chi connectivity index (χ1n) is 3.86. The molecule has 0 amide bonds. The smallest absolute Gasteiger partial charge is 0.336 e. The highest BCUT2D eigenvalue weighted by Crippen LogP contribution is 2.19. The molecule has 0 radical (unpaired) electrons. The second-order valence-electron chi connectivity index (χ2n) is 2.89. The number of H-pyrrole nitrogens is 1. The number of aromatic amines is 1. The maximum atomic E-state index is 10.8. The molecule has 1 aromatic heterocycles. The number of rotatable bonds is 1. The predicted octanol–water partition coefficient (Wildman–Crippen LogP) is 1.57. The molecule has 0 spiro atoms. The van der Waals surface area contributed by atoms with Crippen molar-refractivity contribution in [2.75, 3.05) is 0 Å². The van der Waals surface area contributed by atoms with Crippen molar-refractivity contribution in [2.45, 2.75) is 6.92 Å². The number of benzene rings is 1. The van der Waals surface area contributed by atoms with E-state index in [0.29, 0.717) is 5.39 Å². The molecule has 0 aliphatic heterocycles. The summed E-state index contributed by atoms with van der Waals surface area (Å²) in [5, 5.41) is 16.1. The third kappa shape index (κ3) is 1.07.